The number of anilines is 1. The van der Waals surface area contributed by atoms with Gasteiger partial charge in [0, 0.05) is 36.9 Å². The first kappa shape index (κ1) is 28.5. The van der Waals surface area contributed by atoms with Crippen LogP contribution in [0.1, 0.15) is 34.1 Å². The average molecular weight is 560 g/mol. The van der Waals surface area contributed by atoms with Gasteiger partial charge in [-0.05, 0) is 35.4 Å². The third kappa shape index (κ3) is 8.25. The molecule has 0 saturated carbocycles. The zero-order valence-corrected chi connectivity index (χ0v) is 22.2. The van der Waals surface area contributed by atoms with E-state index in [0.29, 0.717) is 27.8 Å². The SMILES string of the molecule is CN(CC(=O)NC(CC(=O)O)c1cc(Cl)cc(Cl)c1)C(=O)c1cc(NC(=O)NCc2ccccc2)cn1C. The van der Waals surface area contributed by atoms with Crippen LogP contribution in [-0.4, -0.2) is 52.0 Å². The number of carboxylic acids is 1. The molecule has 4 amide bonds. The molecule has 10 nitrogen and oxygen atoms in total. The van der Waals surface area contributed by atoms with Crippen LogP contribution in [0.15, 0.2) is 60.8 Å². The van der Waals surface area contributed by atoms with Gasteiger partial charge in [0.2, 0.25) is 5.91 Å². The number of benzene rings is 2. The largest absolute Gasteiger partial charge is 0.481 e. The number of aliphatic carboxylic acids is 1. The number of nitrogens with one attached hydrogen (secondary N) is 3. The Hall–Kier alpha value is -4.02. The second-order valence-corrected chi connectivity index (χ2v) is 9.47. The Kier molecular flexibility index (Phi) is 9.75. The summed E-state index contributed by atoms with van der Waals surface area (Å²) in [5, 5.41) is 17.9. The normalized spacial score (nSPS) is 11.4. The van der Waals surface area contributed by atoms with Gasteiger partial charge in [0.05, 0.1) is 24.7 Å². The van der Waals surface area contributed by atoms with Gasteiger partial charge in [-0.15, -0.1) is 0 Å². The first-order valence-electron chi connectivity index (χ1n) is 11.5. The second-order valence-electron chi connectivity index (χ2n) is 8.60. The molecule has 1 unspecified atom stereocenters. The molecule has 2 aromatic carbocycles. The van der Waals surface area contributed by atoms with E-state index in [-0.39, 0.29) is 12.2 Å². The number of carbonyl (C=O) groups is 4. The molecule has 0 aliphatic carbocycles. The number of urea groups is 1. The van der Waals surface area contributed by atoms with Crippen LogP contribution in [0.2, 0.25) is 10.0 Å². The lowest BCUT2D eigenvalue weighted by Gasteiger charge is -2.21. The molecular formula is C26H27Cl2N5O5. The Morgan fingerprint density at radius 3 is 2.32 bits per heavy atom. The van der Waals surface area contributed by atoms with Crippen molar-refractivity contribution >= 4 is 52.7 Å². The molecule has 4 N–H and O–H groups in total. The topological polar surface area (TPSA) is 133 Å². The maximum Gasteiger partial charge on any atom is 0.319 e. The quantitative estimate of drug-likeness (QED) is 0.297. The van der Waals surface area contributed by atoms with Crippen LogP contribution in [0.3, 0.4) is 0 Å². The molecule has 12 heteroatoms. The van der Waals surface area contributed by atoms with E-state index in [0.717, 1.165) is 5.56 Å². The zero-order chi connectivity index (χ0) is 27.8. The second kappa shape index (κ2) is 13.0. The Bertz CT molecular complexity index is 1310. The van der Waals surface area contributed by atoms with Crippen LogP contribution < -0.4 is 16.0 Å². The lowest BCUT2D eigenvalue weighted by Crippen LogP contribution is -2.40. The van der Waals surface area contributed by atoms with Crippen molar-refractivity contribution < 1.29 is 24.3 Å². The van der Waals surface area contributed by atoms with Crippen LogP contribution >= 0.6 is 23.2 Å². The van der Waals surface area contributed by atoms with E-state index in [2.05, 4.69) is 16.0 Å². The van der Waals surface area contributed by atoms with Gasteiger partial charge in [-0.25, -0.2) is 4.79 Å². The fourth-order valence-corrected chi connectivity index (χ4v) is 4.27. The minimum atomic E-state index is -1.13. The highest BCUT2D eigenvalue weighted by Gasteiger charge is 2.23. The summed E-state index contributed by atoms with van der Waals surface area (Å²) in [6.07, 6.45) is 1.17. The van der Waals surface area contributed by atoms with Crippen LogP contribution in [0.5, 0.6) is 0 Å². The maximum atomic E-state index is 13.0. The van der Waals surface area contributed by atoms with E-state index < -0.39 is 36.3 Å². The van der Waals surface area contributed by atoms with Crippen LogP contribution in [-0.2, 0) is 23.2 Å². The van der Waals surface area contributed by atoms with E-state index in [9.17, 15) is 24.3 Å². The van der Waals surface area contributed by atoms with Gasteiger partial charge in [0.25, 0.3) is 5.91 Å². The van der Waals surface area contributed by atoms with Crippen molar-refractivity contribution in [1.29, 1.82) is 0 Å². The smallest absolute Gasteiger partial charge is 0.319 e. The van der Waals surface area contributed by atoms with E-state index in [4.69, 9.17) is 23.2 Å². The molecule has 1 aromatic heterocycles. The third-order valence-corrected chi connectivity index (χ3v) is 5.94. The van der Waals surface area contributed by atoms with Gasteiger partial charge in [0.15, 0.2) is 0 Å². The number of carbonyl (C=O) groups excluding carboxylic acids is 3. The average Bonchev–Trinajstić information content (AvgIpc) is 3.21. The lowest BCUT2D eigenvalue weighted by molar-refractivity contribution is -0.137. The fourth-order valence-electron chi connectivity index (χ4n) is 3.72. The predicted octanol–water partition coefficient (Wildman–Crippen LogP) is 4.06. The number of aryl methyl sites for hydroxylation is 1. The molecule has 0 bridgehead atoms. The number of carboxylic acid groups (broad SMARTS) is 1. The number of nitrogens with zero attached hydrogens (tertiary/aromatic N) is 2. The summed E-state index contributed by atoms with van der Waals surface area (Å²) in [6, 6.07) is 14.1. The Morgan fingerprint density at radius 2 is 1.68 bits per heavy atom. The van der Waals surface area contributed by atoms with E-state index in [1.165, 1.54) is 40.8 Å². The molecule has 3 rings (SSSR count). The Labute approximate surface area is 229 Å². The molecule has 3 aromatic rings. The molecular weight excluding hydrogens is 533 g/mol. The first-order valence-corrected chi connectivity index (χ1v) is 12.2. The predicted molar refractivity (Wildman–Crippen MR) is 144 cm³/mol. The minimum absolute atomic E-state index is 0.238. The first-order chi connectivity index (χ1) is 18.0. The van der Waals surface area contributed by atoms with Crippen molar-refractivity contribution in [2.75, 3.05) is 18.9 Å². The number of amides is 4. The molecule has 1 heterocycles. The lowest BCUT2D eigenvalue weighted by atomic mass is 10.0. The molecule has 0 spiro atoms. The monoisotopic (exact) mass is 559 g/mol. The molecule has 0 aliphatic heterocycles. The Morgan fingerprint density at radius 1 is 1.03 bits per heavy atom. The van der Waals surface area contributed by atoms with Crippen molar-refractivity contribution in [3.05, 3.63) is 87.7 Å². The van der Waals surface area contributed by atoms with Crippen molar-refractivity contribution in [2.24, 2.45) is 7.05 Å². The standard InChI is InChI=1S/C26H27Cl2N5O5/c1-32-14-20(30-26(38)29-13-16-6-4-3-5-7-16)11-22(32)25(37)33(2)15-23(34)31-21(12-24(35)36)17-8-18(27)10-19(28)9-17/h3-11,14,21H,12-13,15H2,1-2H3,(H,31,34)(H,35,36)(H2,29,30,38). The number of hydrogen-bond acceptors (Lipinski definition) is 4. The fraction of sp³-hybridized carbons (Fsp3) is 0.231. The van der Waals surface area contributed by atoms with Crippen molar-refractivity contribution in [3.63, 3.8) is 0 Å². The molecule has 0 fully saturated rings. The summed E-state index contributed by atoms with van der Waals surface area (Å²) < 4.78 is 1.53. The number of rotatable bonds is 10. The van der Waals surface area contributed by atoms with E-state index >= 15 is 0 Å². The van der Waals surface area contributed by atoms with Gasteiger partial charge in [-0.3, -0.25) is 14.4 Å². The summed E-state index contributed by atoms with van der Waals surface area (Å²) in [7, 11) is 3.08. The van der Waals surface area contributed by atoms with Crippen molar-refractivity contribution in [2.45, 2.75) is 19.0 Å². The number of likely N-dealkylation sites (N-methyl/N-ethyl adjacent to an activating group) is 1. The molecule has 200 valence electrons. The summed E-state index contributed by atoms with van der Waals surface area (Å²) >= 11 is 12.0. The van der Waals surface area contributed by atoms with Gasteiger partial charge >= 0.3 is 12.0 Å². The van der Waals surface area contributed by atoms with Gasteiger partial charge in [0.1, 0.15) is 5.69 Å². The van der Waals surface area contributed by atoms with Crippen LogP contribution in [0.4, 0.5) is 10.5 Å². The highest BCUT2D eigenvalue weighted by atomic mass is 35.5. The van der Waals surface area contributed by atoms with Crippen molar-refractivity contribution in [3.8, 4) is 0 Å². The molecule has 0 saturated heterocycles. The van der Waals surface area contributed by atoms with Gasteiger partial charge < -0.3 is 30.5 Å². The van der Waals surface area contributed by atoms with Crippen LogP contribution in [0.25, 0.3) is 0 Å². The third-order valence-electron chi connectivity index (χ3n) is 5.51. The highest BCUT2D eigenvalue weighted by molar-refractivity contribution is 6.34. The summed E-state index contributed by atoms with van der Waals surface area (Å²) in [5.74, 6) is -2.18. The molecule has 0 radical (unpaired) electrons. The molecule has 1 atom stereocenters. The number of halogens is 2. The van der Waals surface area contributed by atoms with Crippen LogP contribution in [0, 0.1) is 0 Å². The number of aromatic nitrogens is 1. The van der Waals surface area contributed by atoms with Crippen molar-refractivity contribution in [1.82, 2.24) is 20.1 Å². The van der Waals surface area contributed by atoms with E-state index in [1.54, 1.807) is 13.2 Å². The molecule has 0 aliphatic rings. The zero-order valence-electron chi connectivity index (χ0n) is 20.7. The summed E-state index contributed by atoms with van der Waals surface area (Å²) in [4.78, 5) is 50.5. The molecule has 38 heavy (non-hydrogen) atoms. The Balaban J connectivity index is 1.60. The number of hydrogen-bond donors (Lipinski definition) is 4. The minimum Gasteiger partial charge on any atom is -0.481 e. The van der Waals surface area contributed by atoms with Gasteiger partial charge in [-0.2, -0.15) is 0 Å². The van der Waals surface area contributed by atoms with Gasteiger partial charge in [-0.1, -0.05) is 53.5 Å². The highest BCUT2D eigenvalue weighted by Crippen LogP contribution is 2.25. The van der Waals surface area contributed by atoms with E-state index in [1.807, 2.05) is 30.3 Å². The maximum absolute atomic E-state index is 13.0. The summed E-state index contributed by atoms with van der Waals surface area (Å²) in [5.41, 5.74) is 2.01. The summed E-state index contributed by atoms with van der Waals surface area (Å²) in [6.45, 7) is 0.00214.